The van der Waals surface area contributed by atoms with Crippen molar-refractivity contribution < 1.29 is 4.42 Å². The van der Waals surface area contributed by atoms with Crippen molar-refractivity contribution >= 4 is 171 Å². The van der Waals surface area contributed by atoms with Gasteiger partial charge in [0, 0.05) is 127 Å². The topological polar surface area (TPSA) is 45.5 Å². The zero-order valence-corrected chi connectivity index (χ0v) is 60.1. The van der Waals surface area contributed by atoms with E-state index in [-0.39, 0.29) is 0 Å². The summed E-state index contributed by atoms with van der Waals surface area (Å²) >= 11 is 5.67. The van der Waals surface area contributed by atoms with Crippen molar-refractivity contribution in [2.24, 2.45) is 0 Å². The first-order valence-corrected chi connectivity index (χ1v) is 38.2. The number of furan rings is 1. The van der Waals surface area contributed by atoms with Crippen LogP contribution >= 0.6 is 34.0 Å². The Kier molecular flexibility index (Phi) is 13.4. The van der Waals surface area contributed by atoms with Gasteiger partial charge in [0.1, 0.15) is 35.8 Å². The normalized spacial score (nSPS) is 19.4. The summed E-state index contributed by atoms with van der Waals surface area (Å²) in [7, 11) is 11.0. The van der Waals surface area contributed by atoms with Gasteiger partial charge in [0.15, 0.2) is 0 Å². The lowest BCUT2D eigenvalue weighted by Gasteiger charge is -2.24. The van der Waals surface area contributed by atoms with Gasteiger partial charge in [0.2, 0.25) is 0 Å². The Morgan fingerprint density at radius 1 is 0.333 bits per heavy atom. The van der Waals surface area contributed by atoms with Crippen molar-refractivity contribution in [3.05, 3.63) is 281 Å². The van der Waals surface area contributed by atoms with Gasteiger partial charge in [0.25, 0.3) is 0 Å². The van der Waals surface area contributed by atoms with Crippen molar-refractivity contribution in [3.63, 3.8) is 0 Å². The summed E-state index contributed by atoms with van der Waals surface area (Å²) in [5.74, 6) is 0. The van der Waals surface area contributed by atoms with Crippen LogP contribution in [0.15, 0.2) is 258 Å². The molecule has 5 atom stereocenters. The molecule has 10 aliphatic rings. The predicted octanol–water partition coefficient (Wildman–Crippen LogP) is 21.5. The Hall–Kier alpha value is -10.9. The molecule has 0 spiro atoms. The Bertz CT molecular complexity index is 5750. The molecule has 0 saturated heterocycles. The van der Waals surface area contributed by atoms with Crippen LogP contribution in [0.4, 0.5) is 73.2 Å². The van der Waals surface area contributed by atoms with E-state index in [2.05, 4.69) is 327 Å². The third-order valence-corrected chi connectivity index (χ3v) is 26.7. The van der Waals surface area contributed by atoms with Gasteiger partial charge < -0.3 is 53.4 Å². The molecule has 0 amide bonds. The van der Waals surface area contributed by atoms with E-state index in [9.17, 15) is 0 Å². The molecular weight excluding hydrogens is 1310 g/mol. The third kappa shape index (κ3) is 8.94. The highest BCUT2D eigenvalue weighted by atomic mass is 32.1. The van der Waals surface area contributed by atoms with Gasteiger partial charge in [0.05, 0.1) is 63.7 Å². The molecule has 5 unspecified atom stereocenters. The number of allylic oxidation sites excluding steroid dienone is 1. The van der Waals surface area contributed by atoms with Crippen molar-refractivity contribution in [1.82, 2.24) is 4.90 Å². The minimum Gasteiger partial charge on any atom is -0.471 e. The number of fused-ring (bicyclic) bond motifs is 31. The number of anilines is 13. The second-order valence-electron chi connectivity index (χ2n) is 28.8. The van der Waals surface area contributed by atoms with Crippen LogP contribution in [0.2, 0.25) is 0 Å². The van der Waals surface area contributed by atoms with Gasteiger partial charge in [-0.1, -0.05) is 109 Å². The van der Waals surface area contributed by atoms with E-state index < -0.39 is 0 Å². The number of nitrogens with zero attached hydrogens (tertiary/aromatic N) is 10. The lowest BCUT2D eigenvalue weighted by atomic mass is 10.00. The van der Waals surface area contributed by atoms with Crippen LogP contribution in [-0.4, -0.2) is 71.0 Å². The number of benzene rings is 11. The fraction of sp³-hybridized carbons (Fsp3) is 0.182. The Balaban J connectivity index is 0.0000000829. The number of rotatable bonds is 0. The van der Waals surface area contributed by atoms with E-state index in [0.29, 0.717) is 30.8 Å². The maximum atomic E-state index is 5.32. The average molecular weight is 1380 g/mol. The van der Waals surface area contributed by atoms with Crippen LogP contribution in [0.3, 0.4) is 0 Å². The summed E-state index contributed by atoms with van der Waals surface area (Å²) in [6, 6.07) is 79.6. The lowest BCUT2D eigenvalue weighted by molar-refractivity contribution is 0.344. The molecule has 0 radical (unpaired) electrons. The summed E-state index contributed by atoms with van der Waals surface area (Å²) < 4.78 is 8.13. The fourth-order valence-corrected chi connectivity index (χ4v) is 21.6. The molecule has 14 heterocycles. The molecule has 0 aliphatic carbocycles. The molecule has 25 rings (SSSR count). The molecular formula is C88H74N10OS3. The van der Waals surface area contributed by atoms with E-state index in [1.54, 1.807) is 11.3 Å². The minimum atomic E-state index is 0.408. The Morgan fingerprint density at radius 3 is 1.36 bits per heavy atom. The van der Waals surface area contributed by atoms with Crippen molar-refractivity contribution in [2.45, 2.75) is 69.9 Å². The van der Waals surface area contributed by atoms with Crippen molar-refractivity contribution in [3.8, 4) is 0 Å². The quantitative estimate of drug-likeness (QED) is 0.136. The van der Waals surface area contributed by atoms with Gasteiger partial charge >= 0.3 is 0 Å². The van der Waals surface area contributed by atoms with Crippen molar-refractivity contribution in [1.29, 1.82) is 0 Å². The van der Waals surface area contributed by atoms with Crippen LogP contribution in [0, 0.1) is 0 Å². The summed E-state index contributed by atoms with van der Waals surface area (Å²) in [4.78, 5) is 26.0. The van der Waals surface area contributed by atoms with Crippen LogP contribution in [-0.2, 0) is 32.1 Å². The molecule has 0 N–H and O–H groups in total. The molecule has 11 aromatic carbocycles. The van der Waals surface area contributed by atoms with E-state index in [0.717, 1.165) is 32.1 Å². The largest absolute Gasteiger partial charge is 0.471 e. The average Bonchev–Trinajstić information content (AvgIpc) is 1.58. The van der Waals surface area contributed by atoms with Gasteiger partial charge in [-0.3, -0.25) is 0 Å². The van der Waals surface area contributed by atoms with Crippen LogP contribution < -0.4 is 44.1 Å². The van der Waals surface area contributed by atoms with Gasteiger partial charge in [-0.05, 0) is 187 Å². The first-order valence-electron chi connectivity index (χ1n) is 35.6. The zero-order valence-electron chi connectivity index (χ0n) is 57.7. The first kappa shape index (κ1) is 59.9. The number of para-hydroxylation sites is 8. The Labute approximate surface area is 605 Å². The standard InChI is InChI=1S/C20H18N2.C17H14N2O.3C17H14N2S/c1-13-12-22-19-10-17-8-15-6-4-3-5-14(15)7-16(17)9-18(19)11-20(22)21(13)2;1-18-14-4-2-3-5-15(14)19-16-7-13-10-20-9-12(13)6-11(16)8-17(18)19;1-18-13-7-3-4-8-14(13)19-16(18)10-12-11-6-2-5-9-15(11)20-17(12)19;1-18-12-7-3-4-8-13(12)19-16(18)10-15-17(19)11-6-2-5-9-14(11)20-15;1-18-14-4-2-3-5-15(14)19-16-7-13-10-20-9-12(13)6-11(16)8-17(18)19/h3-10,12,20H,11H2,1-2H3;2-7,9-10,17H,8H2,1H3;2*2-9,16H,10H2,1H3;2-7,9-10,17H,8H2,1H3. The molecule has 11 nitrogen and oxygen atoms in total. The highest BCUT2D eigenvalue weighted by molar-refractivity contribution is 7.23. The fourth-order valence-electron chi connectivity index (χ4n) is 18.3. The predicted molar refractivity (Wildman–Crippen MR) is 433 cm³/mol. The molecule has 102 heavy (non-hydrogen) atoms. The molecule has 14 heteroatoms. The van der Waals surface area contributed by atoms with Crippen LogP contribution in [0.25, 0.3) is 63.3 Å². The second kappa shape index (κ2) is 22.8. The van der Waals surface area contributed by atoms with Crippen molar-refractivity contribution in [2.75, 3.05) is 79.3 Å². The van der Waals surface area contributed by atoms with E-state index >= 15 is 0 Å². The number of thiophene rings is 3. The molecule has 500 valence electrons. The Morgan fingerprint density at radius 2 is 0.755 bits per heavy atom. The van der Waals surface area contributed by atoms with E-state index in [1.165, 1.54) is 169 Å². The van der Waals surface area contributed by atoms with E-state index in [1.807, 2.05) is 35.2 Å². The molecule has 0 bridgehead atoms. The van der Waals surface area contributed by atoms with Gasteiger partial charge in [-0.15, -0.1) is 22.7 Å². The summed E-state index contributed by atoms with van der Waals surface area (Å²) in [6.45, 7) is 2.19. The summed E-state index contributed by atoms with van der Waals surface area (Å²) in [6.07, 6.45) is 13.7. The molecule has 0 saturated carbocycles. The number of hydrogen-bond donors (Lipinski definition) is 0. The smallest absolute Gasteiger partial charge is 0.111 e. The highest BCUT2D eigenvalue weighted by Gasteiger charge is 2.46. The maximum absolute atomic E-state index is 5.32. The monoisotopic (exact) mass is 1380 g/mol. The summed E-state index contributed by atoms with van der Waals surface area (Å²) in [5.41, 5.74) is 23.4. The molecule has 4 aromatic heterocycles. The van der Waals surface area contributed by atoms with Gasteiger partial charge in [-0.2, -0.15) is 11.3 Å². The molecule has 15 aromatic rings. The number of hydrogen-bond acceptors (Lipinski definition) is 14. The lowest BCUT2D eigenvalue weighted by Crippen LogP contribution is -2.36. The highest BCUT2D eigenvalue weighted by Crippen LogP contribution is 2.58. The summed E-state index contributed by atoms with van der Waals surface area (Å²) in [5, 5.41) is 19.2. The van der Waals surface area contributed by atoms with E-state index in [4.69, 9.17) is 4.42 Å². The SMILES string of the molecule is CC1=CN2c3cc4cc5ccccc5cc4cc3CC2N1C.CN1c2ccccc2N2c3c(sc4ccccc34)CC12.CN1c2ccccc2N2c3cc4cocc4cc3CC12.CN1c2ccccc2N2c3cc4cscc4cc3CC12.CN1c2ccccc2N2c3sc4ccccc4c3CC12. The second-order valence-corrected chi connectivity index (χ2v) is 31.7. The first-order chi connectivity index (χ1) is 50.0. The van der Waals surface area contributed by atoms with Crippen LogP contribution in [0.1, 0.15) is 34.1 Å². The van der Waals surface area contributed by atoms with Gasteiger partial charge in [-0.25, -0.2) is 0 Å². The maximum Gasteiger partial charge on any atom is 0.111 e. The molecule has 0 fully saturated rings. The molecule has 10 aliphatic heterocycles. The minimum absolute atomic E-state index is 0.408. The zero-order chi connectivity index (χ0) is 67.9. The van der Waals surface area contributed by atoms with Crippen LogP contribution in [0.5, 0.6) is 0 Å². The number of likely N-dealkylation sites (N-methyl/N-ethyl adjacent to an activating group) is 5. The third-order valence-electron chi connectivity index (χ3n) is 23.5.